The Morgan fingerprint density at radius 2 is 2.07 bits per heavy atom. The number of amides is 1. The van der Waals surface area contributed by atoms with Crippen LogP contribution in [0.25, 0.3) is 10.9 Å². The molecule has 1 amide bonds. The van der Waals surface area contributed by atoms with Crippen molar-refractivity contribution in [3.05, 3.63) is 59.7 Å². The Kier molecular flexibility index (Phi) is 4.73. The number of benzene rings is 1. The lowest BCUT2D eigenvalue weighted by atomic mass is 9.79. The summed E-state index contributed by atoms with van der Waals surface area (Å²) in [6, 6.07) is 4.29. The molecule has 0 unspecified atom stereocenters. The van der Waals surface area contributed by atoms with Gasteiger partial charge in [-0.25, -0.2) is 9.97 Å². The first-order chi connectivity index (χ1) is 14.7. The van der Waals surface area contributed by atoms with Gasteiger partial charge >= 0.3 is 0 Å². The van der Waals surface area contributed by atoms with Crippen molar-refractivity contribution in [1.82, 2.24) is 25.1 Å². The predicted octanol–water partition coefficient (Wildman–Crippen LogP) is 2.77. The Labute approximate surface area is 175 Å². The molecule has 1 aromatic carbocycles. The molecule has 1 aliphatic carbocycles. The van der Waals surface area contributed by atoms with Gasteiger partial charge in [0.2, 0.25) is 5.91 Å². The highest BCUT2D eigenvalue weighted by atomic mass is 16.2. The van der Waals surface area contributed by atoms with Crippen LogP contribution in [0.4, 0.5) is 5.82 Å². The number of nitrogens with zero attached hydrogens (tertiary/aromatic N) is 5. The second-order valence-electron chi connectivity index (χ2n) is 8.21. The Morgan fingerprint density at radius 3 is 2.87 bits per heavy atom. The van der Waals surface area contributed by atoms with Crippen LogP contribution >= 0.6 is 0 Å². The number of piperazine rings is 1. The fourth-order valence-corrected chi connectivity index (χ4v) is 5.00. The zero-order valence-corrected chi connectivity index (χ0v) is 17.3. The minimum absolute atomic E-state index is 0.00556. The lowest BCUT2D eigenvalue weighted by molar-refractivity contribution is -0.126. The average molecular weight is 403 g/mol. The van der Waals surface area contributed by atoms with Crippen molar-refractivity contribution in [3.63, 3.8) is 0 Å². The molecule has 2 aromatic heterocycles. The number of H-pyrrole nitrogens is 1. The molecule has 7 heteroatoms. The molecule has 30 heavy (non-hydrogen) atoms. The fourth-order valence-electron chi connectivity index (χ4n) is 5.00. The van der Waals surface area contributed by atoms with Crippen LogP contribution in [0, 0.1) is 6.92 Å². The summed E-state index contributed by atoms with van der Waals surface area (Å²) in [6.45, 7) is 8.77. The van der Waals surface area contributed by atoms with Gasteiger partial charge in [0, 0.05) is 42.8 Å². The van der Waals surface area contributed by atoms with E-state index in [1.54, 1.807) is 6.33 Å². The van der Waals surface area contributed by atoms with E-state index in [2.05, 4.69) is 50.7 Å². The fraction of sp³-hybridized carbons (Fsp3) is 0.391. The lowest BCUT2D eigenvalue weighted by Gasteiger charge is -2.37. The standard InChI is InChI=1S/C23H26N6O/c1-3-21(30)28-8-10-29(11-9-28)23-17-6-5-16(12-20(17)24-14-25-23)22-15(2)4-7-19-18(22)13-26-27-19/h3-4,7,13-14,16H,1,5-6,8-12H2,2H3,(H,26,27)/t16-/m0/s1. The summed E-state index contributed by atoms with van der Waals surface area (Å²) in [5.74, 6) is 1.48. The Morgan fingerprint density at radius 1 is 1.23 bits per heavy atom. The lowest BCUT2D eigenvalue weighted by Crippen LogP contribution is -2.49. The summed E-state index contributed by atoms with van der Waals surface area (Å²) in [5.41, 5.74) is 6.23. The Bertz CT molecular complexity index is 1110. The molecular weight excluding hydrogens is 376 g/mol. The molecule has 1 N–H and O–H groups in total. The van der Waals surface area contributed by atoms with Gasteiger partial charge in [-0.1, -0.05) is 12.6 Å². The van der Waals surface area contributed by atoms with E-state index in [0.29, 0.717) is 19.0 Å². The maximum Gasteiger partial charge on any atom is 0.246 e. The van der Waals surface area contributed by atoms with E-state index in [-0.39, 0.29) is 5.91 Å². The third kappa shape index (κ3) is 3.14. The minimum atomic E-state index is 0.00556. The summed E-state index contributed by atoms with van der Waals surface area (Å²) in [4.78, 5) is 25.3. The van der Waals surface area contributed by atoms with Crippen LogP contribution in [0.5, 0.6) is 0 Å². The number of nitrogens with one attached hydrogen (secondary N) is 1. The zero-order chi connectivity index (χ0) is 20.7. The number of aryl methyl sites for hydroxylation is 1. The molecule has 1 saturated heterocycles. The first kappa shape index (κ1) is 18.8. The van der Waals surface area contributed by atoms with E-state index in [4.69, 9.17) is 0 Å². The SMILES string of the molecule is C=CC(=O)N1CCN(c2ncnc3c2CC[C@H](c2c(C)ccc4[nH]ncc24)C3)CC1. The van der Waals surface area contributed by atoms with Gasteiger partial charge in [0.1, 0.15) is 12.1 Å². The maximum atomic E-state index is 11.9. The second-order valence-corrected chi connectivity index (χ2v) is 8.21. The number of carbonyl (C=O) groups is 1. The number of fused-ring (bicyclic) bond motifs is 2. The molecule has 2 aliphatic rings. The Hall–Kier alpha value is -3.22. The van der Waals surface area contributed by atoms with Gasteiger partial charge in [0.05, 0.1) is 11.7 Å². The van der Waals surface area contributed by atoms with Crippen molar-refractivity contribution in [2.75, 3.05) is 31.1 Å². The summed E-state index contributed by atoms with van der Waals surface area (Å²) < 4.78 is 0. The van der Waals surface area contributed by atoms with E-state index in [9.17, 15) is 4.79 Å². The summed E-state index contributed by atoms with van der Waals surface area (Å²) in [5, 5.41) is 8.57. The van der Waals surface area contributed by atoms with Crippen molar-refractivity contribution in [1.29, 1.82) is 0 Å². The maximum absolute atomic E-state index is 11.9. The molecule has 154 valence electrons. The molecule has 0 spiro atoms. The topological polar surface area (TPSA) is 78.0 Å². The van der Waals surface area contributed by atoms with E-state index in [0.717, 1.165) is 49.4 Å². The van der Waals surface area contributed by atoms with E-state index in [1.807, 2.05) is 11.1 Å². The van der Waals surface area contributed by atoms with E-state index in [1.165, 1.54) is 28.2 Å². The molecule has 1 fully saturated rings. The molecule has 1 aliphatic heterocycles. The second kappa shape index (κ2) is 7.55. The molecule has 1 atom stereocenters. The molecule has 3 heterocycles. The van der Waals surface area contributed by atoms with Crippen molar-refractivity contribution in [2.24, 2.45) is 0 Å². The predicted molar refractivity (Wildman–Crippen MR) is 117 cm³/mol. The van der Waals surface area contributed by atoms with Crippen molar-refractivity contribution in [2.45, 2.75) is 32.1 Å². The highest BCUT2D eigenvalue weighted by Crippen LogP contribution is 2.39. The largest absolute Gasteiger partial charge is 0.353 e. The first-order valence-corrected chi connectivity index (χ1v) is 10.6. The van der Waals surface area contributed by atoms with Gasteiger partial charge in [-0.2, -0.15) is 5.10 Å². The molecule has 0 saturated carbocycles. The van der Waals surface area contributed by atoms with Crippen LogP contribution in [-0.2, 0) is 17.6 Å². The van der Waals surface area contributed by atoms with Gasteiger partial charge in [0.25, 0.3) is 0 Å². The van der Waals surface area contributed by atoms with Gasteiger partial charge in [-0.3, -0.25) is 9.89 Å². The normalized spacial score (nSPS) is 19.0. The number of rotatable bonds is 3. The minimum Gasteiger partial charge on any atom is -0.353 e. The average Bonchev–Trinajstić information content (AvgIpc) is 3.26. The van der Waals surface area contributed by atoms with E-state index < -0.39 is 0 Å². The van der Waals surface area contributed by atoms with Gasteiger partial charge in [-0.15, -0.1) is 0 Å². The zero-order valence-electron chi connectivity index (χ0n) is 17.3. The smallest absolute Gasteiger partial charge is 0.246 e. The molecule has 0 radical (unpaired) electrons. The summed E-state index contributed by atoms with van der Waals surface area (Å²) in [7, 11) is 0. The number of carbonyl (C=O) groups excluding carboxylic acids is 1. The van der Waals surface area contributed by atoms with Crippen LogP contribution in [0.3, 0.4) is 0 Å². The van der Waals surface area contributed by atoms with Gasteiger partial charge in [-0.05, 0) is 55.4 Å². The molecular formula is C23H26N6O. The van der Waals surface area contributed by atoms with Crippen molar-refractivity contribution < 1.29 is 4.79 Å². The van der Waals surface area contributed by atoms with Crippen LogP contribution < -0.4 is 4.90 Å². The number of aromatic amines is 1. The number of aromatic nitrogens is 4. The highest BCUT2D eigenvalue weighted by Gasteiger charge is 2.29. The van der Waals surface area contributed by atoms with Crippen LogP contribution in [0.15, 0.2) is 37.3 Å². The monoisotopic (exact) mass is 402 g/mol. The third-order valence-corrected chi connectivity index (χ3v) is 6.55. The number of hydrogen-bond acceptors (Lipinski definition) is 5. The van der Waals surface area contributed by atoms with Crippen LogP contribution in [-0.4, -0.2) is 57.2 Å². The molecule has 3 aromatic rings. The van der Waals surface area contributed by atoms with E-state index >= 15 is 0 Å². The number of hydrogen-bond donors (Lipinski definition) is 1. The van der Waals surface area contributed by atoms with Crippen LogP contribution in [0.1, 0.15) is 34.7 Å². The van der Waals surface area contributed by atoms with Crippen molar-refractivity contribution in [3.8, 4) is 0 Å². The number of anilines is 1. The molecule has 5 rings (SSSR count). The summed E-state index contributed by atoms with van der Waals surface area (Å²) >= 11 is 0. The van der Waals surface area contributed by atoms with Gasteiger partial charge in [0.15, 0.2) is 0 Å². The quantitative estimate of drug-likeness (QED) is 0.682. The van der Waals surface area contributed by atoms with Crippen LogP contribution in [0.2, 0.25) is 0 Å². The molecule has 7 nitrogen and oxygen atoms in total. The van der Waals surface area contributed by atoms with Crippen molar-refractivity contribution >= 4 is 22.6 Å². The first-order valence-electron chi connectivity index (χ1n) is 10.6. The Balaban J connectivity index is 1.40. The summed E-state index contributed by atoms with van der Waals surface area (Å²) in [6.07, 6.45) is 8.00. The van der Waals surface area contributed by atoms with Gasteiger partial charge < -0.3 is 9.80 Å². The molecule has 0 bridgehead atoms. The third-order valence-electron chi connectivity index (χ3n) is 6.55. The highest BCUT2D eigenvalue weighted by molar-refractivity contribution is 5.87.